The molecule has 0 amide bonds. The Kier molecular flexibility index (Phi) is 11.0. The van der Waals surface area contributed by atoms with Crippen LogP contribution in [0.5, 0.6) is 5.75 Å². The molecule has 0 unspecified atom stereocenters. The number of hydrogen-bond acceptors (Lipinski definition) is 5. The maximum absolute atomic E-state index is 11.6. The molecule has 7 heteroatoms. The SMILES string of the molecule is CCCCCCCC(=O)COc1ccc(S(=O)(=O)[O-])cc1.[Na+]. The molecule has 118 valence electrons. The number of unbranched alkanes of at least 4 members (excludes halogenated alkanes) is 4. The van der Waals surface area contributed by atoms with Gasteiger partial charge in [0, 0.05) is 6.42 Å². The first-order valence-corrected chi connectivity index (χ1v) is 8.54. The monoisotopic (exact) mass is 336 g/mol. The van der Waals surface area contributed by atoms with E-state index >= 15 is 0 Å². The van der Waals surface area contributed by atoms with Gasteiger partial charge in [-0.05, 0) is 30.7 Å². The van der Waals surface area contributed by atoms with Crippen LogP contribution in [-0.2, 0) is 14.9 Å². The second-order valence-electron chi connectivity index (χ2n) is 4.92. The number of ketones is 1. The maximum Gasteiger partial charge on any atom is 1.00 e. The molecule has 1 aromatic rings. The van der Waals surface area contributed by atoms with E-state index in [0.717, 1.165) is 19.3 Å². The number of benzene rings is 1. The van der Waals surface area contributed by atoms with Crippen LogP contribution in [0.2, 0.25) is 0 Å². The Hall–Kier alpha value is -0.400. The van der Waals surface area contributed by atoms with Crippen molar-refractivity contribution in [3.05, 3.63) is 24.3 Å². The van der Waals surface area contributed by atoms with Gasteiger partial charge in [0.1, 0.15) is 22.5 Å². The van der Waals surface area contributed by atoms with Crippen LogP contribution in [0.25, 0.3) is 0 Å². The van der Waals surface area contributed by atoms with Gasteiger partial charge in [-0.1, -0.05) is 32.6 Å². The van der Waals surface area contributed by atoms with Crippen LogP contribution in [0, 0.1) is 0 Å². The summed E-state index contributed by atoms with van der Waals surface area (Å²) in [5.74, 6) is 0.397. The van der Waals surface area contributed by atoms with Gasteiger partial charge in [0.05, 0.1) is 4.90 Å². The van der Waals surface area contributed by atoms with Crippen molar-refractivity contribution in [2.24, 2.45) is 0 Å². The summed E-state index contributed by atoms with van der Waals surface area (Å²) in [5.41, 5.74) is 0. The largest absolute Gasteiger partial charge is 1.00 e. The van der Waals surface area contributed by atoms with E-state index in [1.807, 2.05) is 0 Å². The Balaban J connectivity index is 0.00000441. The fraction of sp³-hybridized carbons (Fsp3) is 0.533. The molecule has 0 bridgehead atoms. The van der Waals surface area contributed by atoms with Crippen LogP contribution in [0.3, 0.4) is 0 Å². The summed E-state index contributed by atoms with van der Waals surface area (Å²) in [6.07, 6.45) is 5.93. The minimum absolute atomic E-state index is 0. The first-order chi connectivity index (χ1) is 9.93. The summed E-state index contributed by atoms with van der Waals surface area (Å²) in [5, 5.41) is 0. The molecule has 0 aliphatic carbocycles. The Morgan fingerprint density at radius 3 is 2.23 bits per heavy atom. The van der Waals surface area contributed by atoms with E-state index in [0.29, 0.717) is 12.2 Å². The van der Waals surface area contributed by atoms with Crippen molar-refractivity contribution in [2.45, 2.75) is 50.3 Å². The summed E-state index contributed by atoms with van der Waals surface area (Å²) < 4.78 is 37.5. The van der Waals surface area contributed by atoms with Crippen LogP contribution in [0.1, 0.15) is 45.4 Å². The maximum atomic E-state index is 11.6. The van der Waals surface area contributed by atoms with E-state index in [9.17, 15) is 17.8 Å². The van der Waals surface area contributed by atoms with Gasteiger partial charge in [-0.25, -0.2) is 8.42 Å². The Bertz CT molecular complexity index is 540. The molecule has 0 aliphatic heterocycles. The zero-order valence-corrected chi connectivity index (χ0v) is 16.0. The van der Waals surface area contributed by atoms with E-state index < -0.39 is 10.1 Å². The molecule has 5 nitrogen and oxygen atoms in total. The number of rotatable bonds is 10. The van der Waals surface area contributed by atoms with Gasteiger partial charge in [-0.15, -0.1) is 0 Å². The van der Waals surface area contributed by atoms with E-state index in [-0.39, 0.29) is 46.8 Å². The first-order valence-electron chi connectivity index (χ1n) is 7.14. The van der Waals surface area contributed by atoms with E-state index in [1.165, 1.54) is 37.1 Å². The summed E-state index contributed by atoms with van der Waals surface area (Å²) in [6, 6.07) is 5.10. The molecule has 0 saturated heterocycles. The van der Waals surface area contributed by atoms with E-state index in [4.69, 9.17) is 4.74 Å². The van der Waals surface area contributed by atoms with Crippen LogP contribution in [0.15, 0.2) is 29.2 Å². The number of Topliss-reactive ketones (excluding diaryl/α,β-unsaturated/α-hetero) is 1. The minimum atomic E-state index is -4.44. The Labute approximate surface area is 154 Å². The fourth-order valence-corrected chi connectivity index (χ4v) is 2.33. The predicted octanol–water partition coefficient (Wildman–Crippen LogP) is -0.0969. The molecule has 0 N–H and O–H groups in total. The van der Waals surface area contributed by atoms with Gasteiger partial charge in [0.15, 0.2) is 5.78 Å². The molecule has 0 aromatic heterocycles. The number of carbonyl (C=O) groups excluding carboxylic acids is 1. The van der Waals surface area contributed by atoms with Crippen molar-refractivity contribution < 1.29 is 52.1 Å². The molecule has 0 radical (unpaired) electrons. The van der Waals surface area contributed by atoms with Crippen molar-refractivity contribution in [2.75, 3.05) is 6.61 Å². The van der Waals surface area contributed by atoms with Crippen LogP contribution >= 0.6 is 0 Å². The normalized spacial score (nSPS) is 10.8. The standard InChI is InChI=1S/C15H22O5S.Na/c1-2-3-4-5-6-7-13(16)12-20-14-8-10-15(11-9-14)21(17,18)19;/h8-11H,2-7,12H2,1H3,(H,17,18,19);/q;+1/p-1. The molecule has 0 atom stereocenters. The van der Waals surface area contributed by atoms with Gasteiger partial charge >= 0.3 is 29.6 Å². The number of hydrogen-bond donors (Lipinski definition) is 0. The van der Waals surface area contributed by atoms with E-state index in [2.05, 4.69) is 6.92 Å². The average Bonchev–Trinajstić information content (AvgIpc) is 2.44. The average molecular weight is 336 g/mol. The molecular formula is C15H21NaO5S. The van der Waals surface area contributed by atoms with Crippen LogP contribution < -0.4 is 34.3 Å². The Morgan fingerprint density at radius 1 is 1.09 bits per heavy atom. The summed E-state index contributed by atoms with van der Waals surface area (Å²) in [6.45, 7) is 2.11. The third kappa shape index (κ3) is 8.90. The third-order valence-corrected chi connectivity index (χ3v) is 3.92. The summed E-state index contributed by atoms with van der Waals surface area (Å²) in [7, 11) is -4.44. The summed E-state index contributed by atoms with van der Waals surface area (Å²) >= 11 is 0. The predicted molar refractivity (Wildman–Crippen MR) is 78.3 cm³/mol. The molecule has 1 aromatic carbocycles. The van der Waals surface area contributed by atoms with Crippen molar-refractivity contribution in [3.8, 4) is 5.75 Å². The number of carbonyl (C=O) groups is 1. The molecule has 1 rings (SSSR count). The molecule has 0 spiro atoms. The van der Waals surface area contributed by atoms with Gasteiger partial charge in [0.2, 0.25) is 0 Å². The molecule has 0 saturated carbocycles. The number of ether oxygens (including phenoxy) is 1. The zero-order valence-electron chi connectivity index (χ0n) is 13.2. The molecule has 0 heterocycles. The van der Waals surface area contributed by atoms with Gasteiger partial charge in [0.25, 0.3) is 0 Å². The van der Waals surface area contributed by atoms with Gasteiger partial charge < -0.3 is 9.29 Å². The summed E-state index contributed by atoms with van der Waals surface area (Å²) in [4.78, 5) is 11.3. The molecule has 0 aliphatic rings. The zero-order chi connectivity index (χ0) is 15.7. The third-order valence-electron chi connectivity index (χ3n) is 3.07. The Morgan fingerprint density at radius 2 is 1.68 bits per heavy atom. The quantitative estimate of drug-likeness (QED) is 0.339. The van der Waals surface area contributed by atoms with E-state index in [1.54, 1.807) is 0 Å². The first kappa shape index (κ1) is 21.6. The van der Waals surface area contributed by atoms with Crippen molar-refractivity contribution in [1.29, 1.82) is 0 Å². The molecule has 0 fully saturated rings. The van der Waals surface area contributed by atoms with Crippen molar-refractivity contribution in [1.82, 2.24) is 0 Å². The van der Waals surface area contributed by atoms with Gasteiger partial charge in [-0.2, -0.15) is 0 Å². The van der Waals surface area contributed by atoms with Crippen molar-refractivity contribution >= 4 is 15.9 Å². The van der Waals surface area contributed by atoms with Crippen LogP contribution in [0.4, 0.5) is 0 Å². The second-order valence-corrected chi connectivity index (χ2v) is 6.30. The molecule has 22 heavy (non-hydrogen) atoms. The minimum Gasteiger partial charge on any atom is -0.744 e. The van der Waals surface area contributed by atoms with Crippen LogP contribution in [-0.4, -0.2) is 25.4 Å². The fourth-order valence-electron chi connectivity index (χ4n) is 1.86. The van der Waals surface area contributed by atoms with Crippen molar-refractivity contribution in [3.63, 3.8) is 0 Å². The van der Waals surface area contributed by atoms with Gasteiger partial charge in [-0.3, -0.25) is 4.79 Å². The topological polar surface area (TPSA) is 83.5 Å². The smallest absolute Gasteiger partial charge is 0.744 e. The second kappa shape index (κ2) is 11.2. The molecular weight excluding hydrogens is 315 g/mol.